The van der Waals surface area contributed by atoms with Gasteiger partial charge < -0.3 is 4.90 Å². The second kappa shape index (κ2) is 8.31. The number of halogens is 6. The minimum absolute atomic E-state index is 0.182. The van der Waals surface area contributed by atoms with Crippen molar-refractivity contribution < 1.29 is 35.9 Å². The number of hydrogen-bond donors (Lipinski definition) is 0. The number of alkyl halides is 6. The van der Waals surface area contributed by atoms with Crippen molar-refractivity contribution in [3.05, 3.63) is 53.6 Å². The van der Waals surface area contributed by atoms with Crippen LogP contribution in [0.3, 0.4) is 0 Å². The Balaban J connectivity index is 1.45. The highest BCUT2D eigenvalue weighted by Gasteiger charge is 2.46. The van der Waals surface area contributed by atoms with E-state index in [-0.39, 0.29) is 48.5 Å². The number of rotatable bonds is 6. The molecular weight excluding hydrogens is 454 g/mol. The molecule has 4 rings (SSSR count). The molecular formula is C21H18F6N4O2. The third kappa shape index (κ3) is 5.09. The van der Waals surface area contributed by atoms with Crippen LogP contribution < -0.4 is 4.90 Å². The molecule has 176 valence electrons. The molecule has 6 nitrogen and oxygen atoms in total. The Labute approximate surface area is 184 Å². The molecule has 2 aromatic rings. The van der Waals surface area contributed by atoms with Gasteiger partial charge in [0.05, 0.1) is 24.5 Å². The lowest BCUT2D eigenvalue weighted by atomic mass is 10.1. The van der Waals surface area contributed by atoms with Gasteiger partial charge >= 0.3 is 18.4 Å². The smallest absolute Gasteiger partial charge is 0.312 e. The van der Waals surface area contributed by atoms with Crippen LogP contribution in [0.25, 0.3) is 0 Å². The number of hydrogen-bond acceptors (Lipinski definition) is 4. The number of carbonyl (C=O) groups is 2. The monoisotopic (exact) mass is 472 g/mol. The van der Waals surface area contributed by atoms with Gasteiger partial charge in [0.25, 0.3) is 0 Å². The molecule has 2 fully saturated rings. The van der Waals surface area contributed by atoms with E-state index in [1.807, 2.05) is 0 Å². The van der Waals surface area contributed by atoms with Gasteiger partial charge in [-0.25, -0.2) is 9.78 Å². The summed E-state index contributed by atoms with van der Waals surface area (Å²) in [5, 5.41) is 0. The number of Topliss-reactive ketones (excluding diaryl/α,β-unsaturated/α-hetero) is 1. The van der Waals surface area contributed by atoms with Gasteiger partial charge in [-0.15, -0.1) is 0 Å². The molecule has 1 aliphatic carbocycles. The lowest BCUT2D eigenvalue weighted by Gasteiger charge is -2.22. The average Bonchev–Trinajstić information content (AvgIpc) is 3.53. The number of carbonyl (C=O) groups excluding carboxylic acids is 2. The van der Waals surface area contributed by atoms with E-state index >= 15 is 0 Å². The second-order valence-corrected chi connectivity index (χ2v) is 8.09. The van der Waals surface area contributed by atoms with Crippen LogP contribution in [0.2, 0.25) is 0 Å². The summed E-state index contributed by atoms with van der Waals surface area (Å²) >= 11 is 0. The minimum Gasteiger partial charge on any atom is -0.312 e. The van der Waals surface area contributed by atoms with E-state index in [1.54, 1.807) is 0 Å². The van der Waals surface area contributed by atoms with Crippen molar-refractivity contribution in [1.29, 1.82) is 0 Å². The number of nitrogens with zero attached hydrogens (tertiary/aromatic N) is 4. The number of aromatic nitrogens is 2. The van der Waals surface area contributed by atoms with Gasteiger partial charge in [-0.2, -0.15) is 26.3 Å². The molecule has 3 heterocycles. The Morgan fingerprint density at radius 2 is 1.55 bits per heavy atom. The summed E-state index contributed by atoms with van der Waals surface area (Å²) in [7, 11) is 0. The zero-order valence-electron chi connectivity index (χ0n) is 17.0. The van der Waals surface area contributed by atoms with Crippen LogP contribution in [0, 0.1) is 5.92 Å². The van der Waals surface area contributed by atoms with Crippen LogP contribution in [-0.2, 0) is 23.6 Å². The first-order chi connectivity index (χ1) is 15.4. The van der Waals surface area contributed by atoms with Crippen molar-refractivity contribution in [3.63, 3.8) is 0 Å². The zero-order valence-corrected chi connectivity index (χ0v) is 17.0. The van der Waals surface area contributed by atoms with Gasteiger partial charge in [-0.05, 0) is 42.5 Å². The normalized spacial score (nSPS) is 19.3. The van der Waals surface area contributed by atoms with Crippen LogP contribution in [0.4, 0.5) is 36.8 Å². The van der Waals surface area contributed by atoms with Gasteiger partial charge in [-0.3, -0.25) is 14.7 Å². The number of ketones is 1. The predicted molar refractivity (Wildman–Crippen MR) is 103 cm³/mol. The molecule has 1 saturated carbocycles. The van der Waals surface area contributed by atoms with E-state index in [1.165, 1.54) is 9.80 Å². The molecule has 1 saturated heterocycles. The molecule has 2 amide bonds. The first-order valence-electron chi connectivity index (χ1n) is 10.1. The van der Waals surface area contributed by atoms with Crippen LogP contribution in [0.15, 0.2) is 36.7 Å². The van der Waals surface area contributed by atoms with Crippen LogP contribution in [-0.4, -0.2) is 45.8 Å². The molecule has 1 aliphatic heterocycles. The number of pyridine rings is 2. The van der Waals surface area contributed by atoms with Crippen LogP contribution >= 0.6 is 0 Å². The Morgan fingerprint density at radius 3 is 2.03 bits per heavy atom. The van der Waals surface area contributed by atoms with Crippen molar-refractivity contribution in [2.75, 3.05) is 18.0 Å². The van der Waals surface area contributed by atoms with Crippen LogP contribution in [0.1, 0.15) is 29.8 Å². The van der Waals surface area contributed by atoms with Crippen molar-refractivity contribution in [2.45, 2.75) is 37.7 Å². The maximum absolute atomic E-state index is 13.0. The first-order valence-corrected chi connectivity index (χ1v) is 10.1. The molecule has 2 aromatic heterocycles. The molecule has 0 radical (unpaired) electrons. The van der Waals surface area contributed by atoms with E-state index in [9.17, 15) is 35.9 Å². The lowest BCUT2D eigenvalue weighted by Crippen LogP contribution is -2.40. The standard InChI is InChI=1S/C21H18F6N4O2/c22-20(23,24)17-5-1-12(8-28-17)7-15(32)10-31-16(13-2-3-13)11-30(19(31)33)14-4-6-18(29-9-14)21(25,26)27/h1,4-6,8-9,13,16H,2-3,7,10-11H2/t16-/m1/s1. The van der Waals surface area contributed by atoms with E-state index in [0.29, 0.717) is 0 Å². The fourth-order valence-corrected chi connectivity index (χ4v) is 3.83. The molecule has 0 unspecified atom stereocenters. The maximum Gasteiger partial charge on any atom is 0.433 e. The number of amides is 2. The molecule has 0 aromatic carbocycles. The SMILES string of the molecule is O=C(Cc1ccc(C(F)(F)F)nc1)CN1C(=O)N(c2ccc(C(F)(F)F)nc2)C[C@@H]1C1CC1. The quantitative estimate of drug-likeness (QED) is 0.587. The molecule has 12 heteroatoms. The Kier molecular flexibility index (Phi) is 5.79. The van der Waals surface area contributed by atoms with Crippen molar-refractivity contribution in [1.82, 2.24) is 14.9 Å². The summed E-state index contributed by atoms with van der Waals surface area (Å²) in [5.41, 5.74) is -1.66. The summed E-state index contributed by atoms with van der Waals surface area (Å²) in [4.78, 5) is 35.0. The molecule has 1 atom stereocenters. The van der Waals surface area contributed by atoms with Gasteiger partial charge in [-0.1, -0.05) is 6.07 Å². The Bertz CT molecular complexity index is 1030. The summed E-state index contributed by atoms with van der Waals surface area (Å²) in [6, 6.07) is 3.10. The minimum atomic E-state index is -4.60. The highest BCUT2D eigenvalue weighted by molar-refractivity contribution is 5.97. The molecule has 0 bridgehead atoms. The highest BCUT2D eigenvalue weighted by Crippen LogP contribution is 2.40. The fourth-order valence-electron chi connectivity index (χ4n) is 3.83. The van der Waals surface area contributed by atoms with Gasteiger partial charge in [0, 0.05) is 19.2 Å². The third-order valence-corrected chi connectivity index (χ3v) is 5.63. The number of urea groups is 1. The second-order valence-electron chi connectivity index (χ2n) is 8.09. The Morgan fingerprint density at radius 1 is 0.939 bits per heavy atom. The van der Waals surface area contributed by atoms with Crippen LogP contribution in [0.5, 0.6) is 0 Å². The lowest BCUT2D eigenvalue weighted by molar-refractivity contribution is -0.142. The summed E-state index contributed by atoms with van der Waals surface area (Å²) in [6.07, 6.45) is -5.70. The molecule has 0 N–H and O–H groups in total. The largest absolute Gasteiger partial charge is 0.433 e. The van der Waals surface area contributed by atoms with Gasteiger partial charge in [0.15, 0.2) is 5.78 Å². The van der Waals surface area contributed by atoms with Gasteiger partial charge in [0.1, 0.15) is 11.4 Å². The van der Waals surface area contributed by atoms with Crippen molar-refractivity contribution in [3.8, 4) is 0 Å². The van der Waals surface area contributed by atoms with Gasteiger partial charge in [0.2, 0.25) is 0 Å². The first kappa shape index (κ1) is 23.0. The highest BCUT2D eigenvalue weighted by atomic mass is 19.4. The summed E-state index contributed by atoms with van der Waals surface area (Å²) < 4.78 is 76.2. The molecule has 33 heavy (non-hydrogen) atoms. The summed E-state index contributed by atoms with van der Waals surface area (Å²) in [5.74, 6) is -0.204. The third-order valence-electron chi connectivity index (χ3n) is 5.63. The number of anilines is 1. The van der Waals surface area contributed by atoms with E-state index in [4.69, 9.17) is 0 Å². The summed E-state index contributed by atoms with van der Waals surface area (Å²) in [6.45, 7) is -0.0444. The van der Waals surface area contributed by atoms with E-state index < -0.39 is 29.8 Å². The maximum atomic E-state index is 13.0. The van der Waals surface area contributed by atoms with Crippen molar-refractivity contribution in [2.24, 2.45) is 5.92 Å². The molecule has 2 aliphatic rings. The van der Waals surface area contributed by atoms with E-state index in [0.717, 1.165) is 49.5 Å². The predicted octanol–water partition coefficient (Wildman–Crippen LogP) is 4.35. The fraction of sp³-hybridized carbons (Fsp3) is 0.429. The topological polar surface area (TPSA) is 66.4 Å². The van der Waals surface area contributed by atoms with Crippen molar-refractivity contribution >= 4 is 17.5 Å². The zero-order chi connectivity index (χ0) is 24.0. The van der Waals surface area contributed by atoms with E-state index in [2.05, 4.69) is 9.97 Å². The Hall–Kier alpha value is -3.18. The average molecular weight is 472 g/mol. The molecule has 0 spiro atoms.